The fourth-order valence-corrected chi connectivity index (χ4v) is 2.88. The number of ether oxygens (including phenoxy) is 1. The van der Waals surface area contributed by atoms with E-state index in [2.05, 4.69) is 5.32 Å². The second-order valence-electron chi connectivity index (χ2n) is 7.08. The van der Waals surface area contributed by atoms with Crippen LogP contribution in [-0.2, 0) is 13.2 Å². The van der Waals surface area contributed by atoms with Crippen molar-refractivity contribution in [3.8, 4) is 5.75 Å². The van der Waals surface area contributed by atoms with Crippen molar-refractivity contribution in [3.05, 3.63) is 95.8 Å². The first-order valence-electron chi connectivity index (χ1n) is 9.60. The number of carbonyl (C=O) groups is 1. The van der Waals surface area contributed by atoms with Crippen molar-refractivity contribution in [1.82, 2.24) is 4.90 Å². The monoisotopic (exact) mass is 392 g/mol. The van der Waals surface area contributed by atoms with Gasteiger partial charge in [-0.2, -0.15) is 0 Å². The average molecular weight is 392 g/mol. The normalized spacial score (nSPS) is 10.6. The van der Waals surface area contributed by atoms with Gasteiger partial charge in [0.05, 0.1) is 0 Å². The number of nitrogens with zero attached hydrogens (tertiary/aromatic N) is 1. The molecule has 3 rings (SSSR count). The SMILES string of the molecule is CC(C)N(Cc1ccc(OCc2ccccc2)cc1)C(=O)Nc1cccc(F)c1. The molecule has 0 fully saturated rings. The molecule has 0 saturated carbocycles. The molecule has 0 heterocycles. The van der Waals surface area contributed by atoms with Crippen LogP contribution < -0.4 is 10.1 Å². The fraction of sp³-hybridized carbons (Fsp3) is 0.208. The largest absolute Gasteiger partial charge is 0.489 e. The number of halogens is 1. The molecule has 29 heavy (non-hydrogen) atoms. The molecule has 0 saturated heterocycles. The van der Waals surface area contributed by atoms with Crippen LogP contribution in [-0.4, -0.2) is 17.0 Å². The third kappa shape index (κ3) is 6.07. The van der Waals surface area contributed by atoms with E-state index in [1.165, 1.54) is 12.1 Å². The number of amides is 2. The number of nitrogens with one attached hydrogen (secondary N) is 1. The lowest BCUT2D eigenvalue weighted by Gasteiger charge is -2.27. The van der Waals surface area contributed by atoms with Gasteiger partial charge in [-0.15, -0.1) is 0 Å². The summed E-state index contributed by atoms with van der Waals surface area (Å²) in [6.45, 7) is 4.84. The summed E-state index contributed by atoms with van der Waals surface area (Å²) in [5, 5.41) is 2.76. The fourth-order valence-electron chi connectivity index (χ4n) is 2.88. The molecule has 0 aromatic heterocycles. The maximum Gasteiger partial charge on any atom is 0.322 e. The second kappa shape index (κ2) is 9.73. The first-order valence-corrected chi connectivity index (χ1v) is 9.60. The molecule has 0 unspecified atom stereocenters. The number of anilines is 1. The molecule has 0 spiro atoms. The Bertz CT molecular complexity index is 927. The van der Waals surface area contributed by atoms with E-state index in [0.29, 0.717) is 18.8 Å². The summed E-state index contributed by atoms with van der Waals surface area (Å²) in [5.74, 6) is 0.392. The van der Waals surface area contributed by atoms with Gasteiger partial charge in [0.2, 0.25) is 0 Å². The highest BCUT2D eigenvalue weighted by Gasteiger charge is 2.17. The van der Waals surface area contributed by atoms with Gasteiger partial charge in [0, 0.05) is 18.3 Å². The van der Waals surface area contributed by atoms with Crippen LogP contribution in [0.2, 0.25) is 0 Å². The minimum absolute atomic E-state index is 0.0161. The van der Waals surface area contributed by atoms with Crippen LogP contribution in [0.1, 0.15) is 25.0 Å². The Morgan fingerprint density at radius 3 is 2.34 bits per heavy atom. The molecule has 1 N–H and O–H groups in total. The molecule has 3 aromatic carbocycles. The van der Waals surface area contributed by atoms with Crippen molar-refractivity contribution >= 4 is 11.7 Å². The summed E-state index contributed by atoms with van der Waals surface area (Å²) >= 11 is 0. The molecule has 3 aromatic rings. The Balaban J connectivity index is 1.60. The molecule has 5 heteroatoms. The van der Waals surface area contributed by atoms with E-state index < -0.39 is 0 Å². The van der Waals surface area contributed by atoms with Crippen LogP contribution in [0.3, 0.4) is 0 Å². The van der Waals surface area contributed by atoms with E-state index >= 15 is 0 Å². The van der Waals surface area contributed by atoms with Gasteiger partial charge in [-0.05, 0) is 55.3 Å². The number of rotatable bonds is 7. The standard InChI is InChI=1S/C24H25FN2O2/c1-18(2)27(24(28)26-22-10-6-9-21(25)15-22)16-19-11-13-23(14-12-19)29-17-20-7-4-3-5-8-20/h3-15,18H,16-17H2,1-2H3,(H,26,28). The quantitative estimate of drug-likeness (QED) is 0.548. The lowest BCUT2D eigenvalue weighted by Crippen LogP contribution is -2.39. The highest BCUT2D eigenvalue weighted by atomic mass is 19.1. The smallest absolute Gasteiger partial charge is 0.322 e. The van der Waals surface area contributed by atoms with Gasteiger partial charge in [0.15, 0.2) is 0 Å². The van der Waals surface area contributed by atoms with Crippen molar-refractivity contribution in [2.45, 2.75) is 33.0 Å². The molecule has 0 aliphatic carbocycles. The minimum Gasteiger partial charge on any atom is -0.489 e. The van der Waals surface area contributed by atoms with E-state index in [1.807, 2.05) is 68.4 Å². The minimum atomic E-state index is -0.384. The van der Waals surface area contributed by atoms with Crippen molar-refractivity contribution in [2.24, 2.45) is 0 Å². The molecular weight excluding hydrogens is 367 g/mol. The van der Waals surface area contributed by atoms with Crippen LogP contribution in [0.4, 0.5) is 14.9 Å². The summed E-state index contributed by atoms with van der Waals surface area (Å²) in [7, 11) is 0. The number of urea groups is 1. The van der Waals surface area contributed by atoms with Crippen LogP contribution >= 0.6 is 0 Å². The van der Waals surface area contributed by atoms with E-state index in [0.717, 1.165) is 16.9 Å². The van der Waals surface area contributed by atoms with Crippen LogP contribution in [0.15, 0.2) is 78.9 Å². The van der Waals surface area contributed by atoms with E-state index in [9.17, 15) is 9.18 Å². The van der Waals surface area contributed by atoms with Gasteiger partial charge in [-0.25, -0.2) is 9.18 Å². The summed E-state index contributed by atoms with van der Waals surface area (Å²) in [5.41, 5.74) is 2.53. The van der Waals surface area contributed by atoms with Gasteiger partial charge in [-0.3, -0.25) is 0 Å². The molecule has 0 atom stereocenters. The highest BCUT2D eigenvalue weighted by molar-refractivity contribution is 5.89. The molecule has 0 radical (unpaired) electrons. The number of benzene rings is 3. The zero-order valence-electron chi connectivity index (χ0n) is 16.6. The summed E-state index contributed by atoms with van der Waals surface area (Å²) in [6, 6.07) is 23.3. The summed E-state index contributed by atoms with van der Waals surface area (Å²) < 4.78 is 19.2. The van der Waals surface area contributed by atoms with Crippen molar-refractivity contribution < 1.29 is 13.9 Å². The van der Waals surface area contributed by atoms with Crippen LogP contribution in [0.5, 0.6) is 5.75 Å². The third-order valence-corrected chi connectivity index (χ3v) is 4.48. The van der Waals surface area contributed by atoms with Gasteiger partial charge in [0.1, 0.15) is 18.2 Å². The Kier molecular flexibility index (Phi) is 6.85. The van der Waals surface area contributed by atoms with Gasteiger partial charge >= 0.3 is 6.03 Å². The maximum atomic E-state index is 13.4. The number of hydrogen-bond acceptors (Lipinski definition) is 2. The predicted octanol–water partition coefficient (Wildman–Crippen LogP) is 5.85. The van der Waals surface area contributed by atoms with Crippen LogP contribution in [0, 0.1) is 5.82 Å². The third-order valence-electron chi connectivity index (χ3n) is 4.48. The van der Waals surface area contributed by atoms with Crippen LogP contribution in [0.25, 0.3) is 0 Å². The van der Waals surface area contributed by atoms with E-state index in [-0.39, 0.29) is 17.9 Å². The lowest BCUT2D eigenvalue weighted by atomic mass is 10.2. The Hall–Kier alpha value is -3.34. The average Bonchev–Trinajstić information content (AvgIpc) is 2.72. The Morgan fingerprint density at radius 1 is 0.966 bits per heavy atom. The molecule has 4 nitrogen and oxygen atoms in total. The topological polar surface area (TPSA) is 41.6 Å². The molecule has 2 amide bonds. The van der Waals surface area contributed by atoms with Crippen molar-refractivity contribution in [1.29, 1.82) is 0 Å². The Morgan fingerprint density at radius 2 is 1.69 bits per heavy atom. The first-order chi connectivity index (χ1) is 14.0. The molecule has 150 valence electrons. The summed E-state index contributed by atoms with van der Waals surface area (Å²) in [6.07, 6.45) is 0. The predicted molar refractivity (Wildman–Crippen MR) is 113 cm³/mol. The second-order valence-corrected chi connectivity index (χ2v) is 7.08. The maximum absolute atomic E-state index is 13.4. The first kappa shape index (κ1) is 20.4. The van der Waals surface area contributed by atoms with Gasteiger partial charge in [-0.1, -0.05) is 48.5 Å². The zero-order chi connectivity index (χ0) is 20.6. The van der Waals surface area contributed by atoms with Crippen molar-refractivity contribution in [3.63, 3.8) is 0 Å². The number of hydrogen-bond donors (Lipinski definition) is 1. The van der Waals surface area contributed by atoms with E-state index in [1.54, 1.807) is 17.0 Å². The summed E-state index contributed by atoms with van der Waals surface area (Å²) in [4.78, 5) is 14.4. The molecule has 0 aliphatic rings. The number of carbonyl (C=O) groups excluding carboxylic acids is 1. The molecule has 0 aliphatic heterocycles. The lowest BCUT2D eigenvalue weighted by molar-refractivity contribution is 0.193. The zero-order valence-corrected chi connectivity index (χ0v) is 16.6. The Labute approximate surface area is 170 Å². The molecule has 0 bridgehead atoms. The molecular formula is C24H25FN2O2. The van der Waals surface area contributed by atoms with Gasteiger partial charge < -0.3 is 15.0 Å². The van der Waals surface area contributed by atoms with E-state index in [4.69, 9.17) is 4.74 Å². The van der Waals surface area contributed by atoms with Gasteiger partial charge in [0.25, 0.3) is 0 Å². The van der Waals surface area contributed by atoms with Crippen molar-refractivity contribution in [2.75, 3.05) is 5.32 Å². The highest BCUT2D eigenvalue weighted by Crippen LogP contribution is 2.18.